The standard InChI is InChI=1S/C4H12O7P2/c1-4-10-12(5,6)11-13(7,8-2)9-3/h4H2,1-3H3,(H,5,6). The topological polar surface area (TPSA) is 91.3 Å². The largest absolute Gasteiger partial charge is 0.483 e. The molecule has 0 bridgehead atoms. The van der Waals surface area contributed by atoms with Crippen molar-refractivity contribution in [3.05, 3.63) is 0 Å². The van der Waals surface area contributed by atoms with Gasteiger partial charge in [-0.2, -0.15) is 4.31 Å². The molecule has 0 heterocycles. The second kappa shape index (κ2) is 5.22. The van der Waals surface area contributed by atoms with Gasteiger partial charge in [0.1, 0.15) is 0 Å². The molecule has 0 rings (SSSR count). The minimum atomic E-state index is -4.36. The number of rotatable bonds is 6. The van der Waals surface area contributed by atoms with Crippen LogP contribution in [-0.4, -0.2) is 25.7 Å². The number of phosphoric ester groups is 2. The number of hydrogen-bond acceptors (Lipinski definition) is 6. The van der Waals surface area contributed by atoms with Crippen molar-refractivity contribution in [1.82, 2.24) is 0 Å². The van der Waals surface area contributed by atoms with Crippen LogP contribution in [0.1, 0.15) is 6.92 Å². The highest BCUT2D eigenvalue weighted by Gasteiger charge is 2.35. The van der Waals surface area contributed by atoms with Crippen LogP contribution in [0.25, 0.3) is 0 Å². The summed E-state index contributed by atoms with van der Waals surface area (Å²) in [4.78, 5) is 8.89. The summed E-state index contributed by atoms with van der Waals surface area (Å²) in [5.41, 5.74) is 0. The summed E-state index contributed by atoms with van der Waals surface area (Å²) in [6, 6.07) is 0. The average Bonchev–Trinajstić information content (AvgIpc) is 2.03. The molecule has 0 fully saturated rings. The molecule has 0 radical (unpaired) electrons. The van der Waals surface area contributed by atoms with E-state index in [1.165, 1.54) is 6.92 Å². The van der Waals surface area contributed by atoms with E-state index < -0.39 is 15.6 Å². The third-order valence-corrected chi connectivity index (χ3v) is 4.05. The van der Waals surface area contributed by atoms with Gasteiger partial charge in [-0.25, -0.2) is 9.13 Å². The molecule has 7 nitrogen and oxygen atoms in total. The first kappa shape index (κ1) is 13.3. The molecular weight excluding hydrogens is 222 g/mol. The first-order valence-corrected chi connectivity index (χ1v) is 6.25. The zero-order valence-corrected chi connectivity index (χ0v) is 9.29. The van der Waals surface area contributed by atoms with Gasteiger partial charge in [0.25, 0.3) is 0 Å². The monoisotopic (exact) mass is 234 g/mol. The third kappa shape index (κ3) is 4.88. The number of hydrogen-bond donors (Lipinski definition) is 1. The second-order valence-electron chi connectivity index (χ2n) is 1.78. The highest BCUT2D eigenvalue weighted by atomic mass is 31.3. The molecule has 9 heteroatoms. The van der Waals surface area contributed by atoms with Crippen LogP contribution in [0.2, 0.25) is 0 Å². The molecule has 13 heavy (non-hydrogen) atoms. The van der Waals surface area contributed by atoms with Crippen molar-refractivity contribution in [2.75, 3.05) is 20.8 Å². The maximum atomic E-state index is 11.2. The Hall–Kier alpha value is 0.260. The molecule has 0 aromatic rings. The van der Waals surface area contributed by atoms with Gasteiger partial charge in [0.15, 0.2) is 0 Å². The van der Waals surface area contributed by atoms with Crippen molar-refractivity contribution in [2.45, 2.75) is 6.92 Å². The predicted molar refractivity (Wildman–Crippen MR) is 44.2 cm³/mol. The lowest BCUT2D eigenvalue weighted by atomic mass is 10.9. The maximum Gasteiger partial charge on any atom is 0.483 e. The molecule has 0 saturated heterocycles. The predicted octanol–water partition coefficient (Wildman–Crippen LogP) is 1.54. The van der Waals surface area contributed by atoms with E-state index in [9.17, 15) is 9.13 Å². The van der Waals surface area contributed by atoms with Gasteiger partial charge in [-0.05, 0) is 6.92 Å². The average molecular weight is 234 g/mol. The summed E-state index contributed by atoms with van der Waals surface area (Å²) >= 11 is 0. The van der Waals surface area contributed by atoms with Gasteiger partial charge in [0.05, 0.1) is 6.61 Å². The van der Waals surface area contributed by atoms with Gasteiger partial charge in [-0.1, -0.05) is 0 Å². The van der Waals surface area contributed by atoms with Crippen LogP contribution in [-0.2, 0) is 27.0 Å². The minimum absolute atomic E-state index is 0.0544. The molecule has 0 amide bonds. The fourth-order valence-electron chi connectivity index (χ4n) is 0.454. The van der Waals surface area contributed by atoms with Crippen LogP contribution in [0.15, 0.2) is 0 Å². The van der Waals surface area contributed by atoms with Gasteiger partial charge in [-0.15, -0.1) is 0 Å². The Balaban J connectivity index is 4.40. The highest BCUT2D eigenvalue weighted by Crippen LogP contribution is 2.62. The van der Waals surface area contributed by atoms with E-state index in [1.807, 2.05) is 0 Å². The zero-order valence-electron chi connectivity index (χ0n) is 7.50. The zero-order chi connectivity index (χ0) is 10.5. The smallest absolute Gasteiger partial charge is 0.302 e. The van der Waals surface area contributed by atoms with Gasteiger partial charge >= 0.3 is 15.6 Å². The Morgan fingerprint density at radius 1 is 1.23 bits per heavy atom. The molecule has 80 valence electrons. The van der Waals surface area contributed by atoms with E-state index in [2.05, 4.69) is 17.9 Å². The third-order valence-electron chi connectivity index (χ3n) is 0.943. The van der Waals surface area contributed by atoms with Gasteiger partial charge < -0.3 is 4.89 Å². The first-order valence-electron chi connectivity index (χ1n) is 3.29. The molecule has 1 N–H and O–H groups in total. The molecule has 0 aliphatic heterocycles. The van der Waals surface area contributed by atoms with E-state index in [0.29, 0.717) is 0 Å². The van der Waals surface area contributed by atoms with Crippen molar-refractivity contribution >= 4 is 15.6 Å². The lowest BCUT2D eigenvalue weighted by Crippen LogP contribution is -1.96. The lowest BCUT2D eigenvalue weighted by molar-refractivity contribution is 0.160. The van der Waals surface area contributed by atoms with Crippen LogP contribution in [0.3, 0.4) is 0 Å². The quantitative estimate of drug-likeness (QED) is 0.696. The molecule has 0 aliphatic rings. The Labute approximate surface area is 76.2 Å². The fourth-order valence-corrected chi connectivity index (χ4v) is 2.66. The molecule has 1 atom stereocenters. The number of phosphoric acid groups is 2. The van der Waals surface area contributed by atoms with Crippen LogP contribution in [0, 0.1) is 0 Å². The van der Waals surface area contributed by atoms with Crippen LogP contribution < -0.4 is 0 Å². The summed E-state index contributed by atoms with van der Waals surface area (Å²) in [7, 11) is -6.28. The van der Waals surface area contributed by atoms with E-state index in [-0.39, 0.29) is 6.61 Å². The van der Waals surface area contributed by atoms with Crippen LogP contribution >= 0.6 is 15.6 Å². The van der Waals surface area contributed by atoms with Gasteiger partial charge in [0, 0.05) is 14.2 Å². The summed E-state index contributed by atoms with van der Waals surface area (Å²) in [5.74, 6) is 0. The minimum Gasteiger partial charge on any atom is -0.302 e. The van der Waals surface area contributed by atoms with Gasteiger partial charge in [-0.3, -0.25) is 13.6 Å². The molecule has 0 spiro atoms. The molecule has 0 aromatic heterocycles. The Morgan fingerprint density at radius 2 is 1.69 bits per heavy atom. The second-order valence-corrected chi connectivity index (χ2v) is 5.25. The normalized spacial score (nSPS) is 16.9. The van der Waals surface area contributed by atoms with Crippen molar-refractivity contribution in [2.24, 2.45) is 0 Å². The SMILES string of the molecule is CCOP(=O)(O)OP(=O)(OC)OC. The summed E-state index contributed by atoms with van der Waals surface area (Å²) in [6.45, 7) is 1.43. The van der Waals surface area contributed by atoms with E-state index in [1.54, 1.807) is 0 Å². The Bertz CT molecular complexity index is 231. The van der Waals surface area contributed by atoms with Crippen molar-refractivity contribution < 1.29 is 31.9 Å². The molecule has 1 unspecified atom stereocenters. The van der Waals surface area contributed by atoms with Gasteiger partial charge in [0.2, 0.25) is 0 Å². The summed E-state index contributed by atoms with van der Waals surface area (Å²) in [6.07, 6.45) is 0. The van der Waals surface area contributed by atoms with Crippen molar-refractivity contribution in [3.63, 3.8) is 0 Å². The first-order chi connectivity index (χ1) is 5.89. The van der Waals surface area contributed by atoms with E-state index in [4.69, 9.17) is 4.89 Å². The molecule has 0 aromatic carbocycles. The molecular formula is C4H12O7P2. The van der Waals surface area contributed by atoms with E-state index >= 15 is 0 Å². The fraction of sp³-hybridized carbons (Fsp3) is 1.00. The maximum absolute atomic E-state index is 11.2. The lowest BCUT2D eigenvalue weighted by Gasteiger charge is -2.16. The van der Waals surface area contributed by atoms with E-state index in [0.717, 1.165) is 14.2 Å². The summed E-state index contributed by atoms with van der Waals surface area (Å²) < 4.78 is 39.1. The Morgan fingerprint density at radius 3 is 2.00 bits per heavy atom. The highest BCUT2D eigenvalue weighted by molar-refractivity contribution is 7.61. The van der Waals surface area contributed by atoms with Crippen LogP contribution in [0.4, 0.5) is 0 Å². The molecule has 0 saturated carbocycles. The van der Waals surface area contributed by atoms with Crippen molar-refractivity contribution in [3.8, 4) is 0 Å². The molecule has 0 aliphatic carbocycles. The van der Waals surface area contributed by atoms with Crippen LogP contribution in [0.5, 0.6) is 0 Å². The Kier molecular flexibility index (Phi) is 5.32. The van der Waals surface area contributed by atoms with Crippen molar-refractivity contribution in [1.29, 1.82) is 0 Å². The summed E-state index contributed by atoms with van der Waals surface area (Å²) in [5, 5.41) is 0.